The molecule has 0 aliphatic carbocycles. The zero-order valence-corrected chi connectivity index (χ0v) is 38.1. The number of halogens is 2. The van der Waals surface area contributed by atoms with Crippen molar-refractivity contribution in [3.8, 4) is 0 Å². The SMILES string of the molecule is Cc1cccnc1[C@@H]1CCC[C@H](c2nc3c(Br)cccc3[nH]2)N1C.Cc1cccnc1[C@@H]1CCC[C@H](c2nc3cccc(Br)c3n2COCC[Si](C)(C)C)N1C. The summed E-state index contributed by atoms with van der Waals surface area (Å²) in [5.41, 5.74) is 9.16. The number of imidazole rings is 2. The molecule has 4 aromatic heterocycles. The molecule has 9 nitrogen and oxygen atoms in total. The lowest BCUT2D eigenvalue weighted by Gasteiger charge is -2.39. The van der Waals surface area contributed by atoms with Crippen LogP contribution in [0.15, 0.2) is 82.0 Å². The van der Waals surface area contributed by atoms with E-state index in [-0.39, 0.29) is 6.04 Å². The van der Waals surface area contributed by atoms with Crippen LogP contribution in [0, 0.1) is 13.8 Å². The summed E-state index contributed by atoms with van der Waals surface area (Å²) in [6, 6.07) is 23.1. The fraction of sp³-hybridized carbons (Fsp3) is 0.455. The first-order valence-electron chi connectivity index (χ1n) is 20.0. The van der Waals surface area contributed by atoms with E-state index in [4.69, 9.17) is 19.7 Å². The van der Waals surface area contributed by atoms with Gasteiger partial charge >= 0.3 is 0 Å². The Labute approximate surface area is 350 Å². The van der Waals surface area contributed by atoms with E-state index in [0.717, 1.165) is 81.4 Å². The van der Waals surface area contributed by atoms with Crippen LogP contribution in [0.4, 0.5) is 0 Å². The summed E-state index contributed by atoms with van der Waals surface area (Å²) in [6.45, 7) is 12.8. The second-order valence-electron chi connectivity index (χ2n) is 16.8. The number of hydrogen-bond acceptors (Lipinski definition) is 7. The fourth-order valence-electron chi connectivity index (χ4n) is 8.50. The highest BCUT2D eigenvalue weighted by molar-refractivity contribution is 9.11. The van der Waals surface area contributed by atoms with Gasteiger partial charge in [-0.3, -0.25) is 19.8 Å². The van der Waals surface area contributed by atoms with Gasteiger partial charge in [0.15, 0.2) is 0 Å². The number of aryl methyl sites for hydroxylation is 2. The van der Waals surface area contributed by atoms with Crippen LogP contribution in [0.2, 0.25) is 25.7 Å². The van der Waals surface area contributed by atoms with Crippen molar-refractivity contribution in [2.75, 3.05) is 20.7 Å². The fourth-order valence-corrected chi connectivity index (χ4v) is 10.3. The number of aromatic amines is 1. The molecule has 2 aromatic carbocycles. The summed E-state index contributed by atoms with van der Waals surface area (Å²) in [6.07, 6.45) is 10.7. The van der Waals surface area contributed by atoms with E-state index in [1.807, 2.05) is 36.7 Å². The van der Waals surface area contributed by atoms with Crippen molar-refractivity contribution in [3.63, 3.8) is 0 Å². The minimum absolute atomic E-state index is 0.232. The van der Waals surface area contributed by atoms with Gasteiger partial charge in [0, 0.05) is 36.0 Å². The summed E-state index contributed by atoms with van der Waals surface area (Å²) in [5.74, 6) is 2.15. The molecule has 6 aromatic rings. The first-order valence-corrected chi connectivity index (χ1v) is 25.3. The van der Waals surface area contributed by atoms with E-state index in [2.05, 4.69) is 140 Å². The van der Waals surface area contributed by atoms with Crippen LogP contribution < -0.4 is 0 Å². The Kier molecular flexibility index (Phi) is 12.9. The second-order valence-corrected chi connectivity index (χ2v) is 24.1. The summed E-state index contributed by atoms with van der Waals surface area (Å²) in [5, 5.41) is 0. The van der Waals surface area contributed by atoms with E-state index in [1.54, 1.807) is 0 Å². The average Bonchev–Trinajstić information content (AvgIpc) is 3.78. The minimum atomic E-state index is -1.13. The maximum Gasteiger partial charge on any atom is 0.129 e. The van der Waals surface area contributed by atoms with Crippen LogP contribution in [-0.4, -0.2) is 68.1 Å². The molecule has 0 unspecified atom stereocenters. The summed E-state index contributed by atoms with van der Waals surface area (Å²) >= 11 is 7.37. The van der Waals surface area contributed by atoms with Gasteiger partial charge in [0.1, 0.15) is 23.9 Å². The van der Waals surface area contributed by atoms with Gasteiger partial charge in [0.25, 0.3) is 0 Å². The summed E-state index contributed by atoms with van der Waals surface area (Å²) in [7, 11) is 3.30. The zero-order valence-electron chi connectivity index (χ0n) is 33.9. The molecule has 1 N–H and O–H groups in total. The number of ether oxygens (including phenoxy) is 1. The Hall–Kier alpha value is -3.26. The Balaban J connectivity index is 0.000000178. The van der Waals surface area contributed by atoms with Crippen LogP contribution in [0.5, 0.6) is 0 Å². The number of para-hydroxylation sites is 2. The Morgan fingerprint density at radius 2 is 1.32 bits per heavy atom. The first-order chi connectivity index (χ1) is 26.9. The van der Waals surface area contributed by atoms with Gasteiger partial charge in [-0.25, -0.2) is 9.97 Å². The number of fused-ring (bicyclic) bond motifs is 2. The standard InChI is InChI=1S/C25H35BrN4OSi.C19H21BrN4/c1-18-9-8-14-27-23(18)21-12-7-13-22(29(21)2)25-28-20-11-6-10-19(26)24(20)30(25)17-31-15-16-32(3,4)5;1-12-6-5-11-21-17(12)15-9-4-10-16(24(15)2)19-22-14-8-3-7-13(20)18(14)23-19/h6,8-11,14,21-22H,7,12-13,15-17H2,1-5H3;3,5-8,11,15-16H,4,9-10H2,1-2H3,(H,22,23)/t21-,22+;15-,16+/m00/s1. The average molecular weight is 901 g/mol. The molecule has 56 heavy (non-hydrogen) atoms. The third kappa shape index (κ3) is 8.90. The van der Waals surface area contributed by atoms with Gasteiger partial charge in [-0.2, -0.15) is 0 Å². The van der Waals surface area contributed by atoms with Gasteiger partial charge in [0.2, 0.25) is 0 Å². The smallest absolute Gasteiger partial charge is 0.129 e. The predicted octanol–water partition coefficient (Wildman–Crippen LogP) is 11.6. The van der Waals surface area contributed by atoms with Crippen LogP contribution in [0.3, 0.4) is 0 Å². The lowest BCUT2D eigenvalue weighted by atomic mass is 9.92. The third-order valence-corrected chi connectivity index (χ3v) is 14.7. The van der Waals surface area contributed by atoms with E-state index in [1.165, 1.54) is 35.0 Å². The van der Waals surface area contributed by atoms with E-state index in [9.17, 15) is 0 Å². The van der Waals surface area contributed by atoms with Crippen molar-refractivity contribution >= 4 is 62.0 Å². The van der Waals surface area contributed by atoms with Crippen LogP contribution in [0.25, 0.3) is 22.1 Å². The second kappa shape index (κ2) is 17.7. The molecule has 2 aliphatic heterocycles. The number of rotatable bonds is 9. The Bertz CT molecular complexity index is 2270. The zero-order chi connectivity index (χ0) is 39.6. The first kappa shape index (κ1) is 40.9. The molecule has 2 fully saturated rings. The summed E-state index contributed by atoms with van der Waals surface area (Å²) < 4.78 is 10.6. The van der Waals surface area contributed by atoms with Crippen molar-refractivity contribution < 1.29 is 4.74 Å². The van der Waals surface area contributed by atoms with Crippen molar-refractivity contribution in [1.82, 2.24) is 39.3 Å². The molecule has 12 heteroatoms. The van der Waals surface area contributed by atoms with Crippen molar-refractivity contribution in [1.29, 1.82) is 0 Å². The normalized spacial score (nSPS) is 21.0. The van der Waals surface area contributed by atoms with Gasteiger partial charge < -0.3 is 14.3 Å². The highest BCUT2D eigenvalue weighted by Crippen LogP contribution is 2.42. The van der Waals surface area contributed by atoms with Gasteiger partial charge in [-0.1, -0.05) is 43.9 Å². The number of likely N-dealkylation sites (tertiary alicyclic amines) is 2. The third-order valence-electron chi connectivity index (χ3n) is 11.7. The van der Waals surface area contributed by atoms with Crippen molar-refractivity contribution in [2.45, 2.75) is 109 Å². The van der Waals surface area contributed by atoms with Crippen LogP contribution >= 0.6 is 31.9 Å². The minimum Gasteiger partial charge on any atom is -0.361 e. The lowest BCUT2D eigenvalue weighted by molar-refractivity contribution is 0.0699. The number of piperidine rings is 2. The maximum atomic E-state index is 6.22. The van der Waals surface area contributed by atoms with Crippen LogP contribution in [0.1, 0.15) is 96.9 Å². The molecule has 0 spiro atoms. The largest absolute Gasteiger partial charge is 0.361 e. The predicted molar refractivity (Wildman–Crippen MR) is 237 cm³/mol. The number of benzene rings is 2. The molecule has 6 heterocycles. The number of hydrogen-bond donors (Lipinski definition) is 1. The lowest BCUT2D eigenvalue weighted by Crippen LogP contribution is -2.35. The van der Waals surface area contributed by atoms with Crippen molar-refractivity contribution in [3.05, 3.63) is 116 Å². The topological polar surface area (TPSA) is 88.0 Å². The quantitative estimate of drug-likeness (QED) is 0.114. The molecule has 0 amide bonds. The molecule has 0 saturated carbocycles. The van der Waals surface area contributed by atoms with Gasteiger partial charge in [0.05, 0.1) is 52.1 Å². The number of H-pyrrole nitrogens is 1. The van der Waals surface area contributed by atoms with E-state index < -0.39 is 8.07 Å². The molecular weight excluding hydrogens is 844 g/mol. The van der Waals surface area contributed by atoms with Gasteiger partial charge in [-0.05, 0) is 152 Å². The number of nitrogens with zero attached hydrogens (tertiary/aromatic N) is 7. The van der Waals surface area contributed by atoms with Gasteiger partial charge in [-0.15, -0.1) is 0 Å². The molecule has 0 bridgehead atoms. The molecule has 296 valence electrons. The molecule has 2 aliphatic rings. The number of pyridine rings is 2. The summed E-state index contributed by atoms with van der Waals surface area (Å²) in [4.78, 5) is 27.8. The Morgan fingerprint density at radius 1 is 0.732 bits per heavy atom. The Morgan fingerprint density at radius 3 is 1.95 bits per heavy atom. The van der Waals surface area contributed by atoms with Crippen LogP contribution in [-0.2, 0) is 11.5 Å². The number of nitrogens with one attached hydrogen (secondary N) is 1. The maximum absolute atomic E-state index is 6.22. The molecule has 4 atom stereocenters. The molecule has 2 saturated heterocycles. The van der Waals surface area contributed by atoms with E-state index in [0.29, 0.717) is 24.9 Å². The molecular formula is C44H56Br2N8OSi. The number of aromatic nitrogens is 6. The highest BCUT2D eigenvalue weighted by Gasteiger charge is 2.35. The monoisotopic (exact) mass is 898 g/mol. The molecule has 8 rings (SSSR count). The molecule has 0 radical (unpaired) electrons. The highest BCUT2D eigenvalue weighted by atomic mass is 79.9. The van der Waals surface area contributed by atoms with E-state index >= 15 is 0 Å². The van der Waals surface area contributed by atoms with Crippen molar-refractivity contribution in [2.24, 2.45) is 0 Å².